The molecule has 6 nitrogen and oxygen atoms in total. The number of aliphatic hydroxyl groups excluding tert-OH is 1. The number of aryl methyl sites for hydroxylation is 1. The number of aromatic nitrogens is 2. The van der Waals surface area contributed by atoms with Crippen LogP contribution in [0.5, 0.6) is 0 Å². The van der Waals surface area contributed by atoms with Crippen molar-refractivity contribution in [2.45, 2.75) is 57.8 Å². The highest BCUT2D eigenvalue weighted by Gasteiger charge is 2.24. The maximum Gasteiger partial charge on any atom is 0.315 e. The van der Waals surface area contributed by atoms with Gasteiger partial charge in [-0.25, -0.2) is 9.78 Å². The summed E-state index contributed by atoms with van der Waals surface area (Å²) in [6.07, 6.45) is 7.02. The second kappa shape index (κ2) is 8.16. The fraction of sp³-hybridized carbons (Fsp3) is 0.474. The Morgan fingerprint density at radius 2 is 2.12 bits per heavy atom. The summed E-state index contributed by atoms with van der Waals surface area (Å²) < 4.78 is 2.09. The topological polar surface area (TPSA) is 79.2 Å². The molecule has 1 aliphatic rings. The molecule has 0 spiro atoms. The summed E-state index contributed by atoms with van der Waals surface area (Å²) in [7, 11) is 0. The predicted octanol–water partition coefficient (Wildman–Crippen LogP) is 2.34. The average Bonchev–Trinajstić information content (AvgIpc) is 3.00. The first-order chi connectivity index (χ1) is 12.1. The van der Waals surface area contributed by atoms with Crippen molar-refractivity contribution in [3.05, 3.63) is 53.6 Å². The third-order valence-corrected chi connectivity index (χ3v) is 4.77. The molecular formula is C19H26N4O2. The molecular weight excluding hydrogens is 316 g/mol. The maximum absolute atomic E-state index is 12.1. The Hall–Kier alpha value is -2.34. The van der Waals surface area contributed by atoms with E-state index in [2.05, 4.69) is 32.3 Å². The average molecular weight is 342 g/mol. The van der Waals surface area contributed by atoms with Crippen LogP contribution in [0.3, 0.4) is 0 Å². The van der Waals surface area contributed by atoms with Crippen molar-refractivity contribution in [2.75, 3.05) is 0 Å². The molecule has 1 saturated carbocycles. The number of urea groups is 1. The molecule has 0 saturated heterocycles. The van der Waals surface area contributed by atoms with E-state index >= 15 is 0 Å². The van der Waals surface area contributed by atoms with E-state index in [1.807, 2.05) is 25.3 Å². The van der Waals surface area contributed by atoms with Crippen molar-refractivity contribution in [3.8, 4) is 0 Å². The zero-order valence-corrected chi connectivity index (χ0v) is 14.6. The molecule has 0 radical (unpaired) electrons. The lowest BCUT2D eigenvalue weighted by atomic mass is 9.93. The van der Waals surface area contributed by atoms with Gasteiger partial charge in [-0.15, -0.1) is 0 Å². The molecule has 1 fully saturated rings. The first kappa shape index (κ1) is 17.5. The van der Waals surface area contributed by atoms with Gasteiger partial charge in [-0.3, -0.25) is 0 Å². The van der Waals surface area contributed by atoms with Crippen molar-refractivity contribution >= 4 is 6.03 Å². The number of imidazole rings is 1. The number of carbonyl (C=O) groups excluding carboxylic acids is 1. The van der Waals surface area contributed by atoms with Gasteiger partial charge in [0, 0.05) is 25.5 Å². The third-order valence-electron chi connectivity index (χ3n) is 4.77. The van der Waals surface area contributed by atoms with E-state index in [0.29, 0.717) is 6.54 Å². The highest BCUT2D eigenvalue weighted by atomic mass is 16.3. The molecule has 25 heavy (non-hydrogen) atoms. The fourth-order valence-electron chi connectivity index (χ4n) is 3.29. The van der Waals surface area contributed by atoms with Gasteiger partial charge in [0.25, 0.3) is 0 Å². The standard InChI is InChI=1S/C19H26N4O2/c1-14-20-9-10-23(14)13-16-6-4-5-15(11-16)12-21-19(25)22-17-7-2-3-8-18(17)24/h4-6,9-11,17-18,24H,2-3,7-8,12-13H2,1H3,(H2,21,22,25)/t17-,18-/m0/s1. The summed E-state index contributed by atoms with van der Waals surface area (Å²) in [6.45, 7) is 3.21. The van der Waals surface area contributed by atoms with Crippen LogP contribution in [0.15, 0.2) is 36.7 Å². The molecule has 1 aliphatic carbocycles. The second-order valence-corrected chi connectivity index (χ2v) is 6.71. The number of carbonyl (C=O) groups is 1. The number of hydrogen-bond donors (Lipinski definition) is 3. The van der Waals surface area contributed by atoms with Crippen molar-refractivity contribution in [1.82, 2.24) is 20.2 Å². The Morgan fingerprint density at radius 3 is 2.88 bits per heavy atom. The second-order valence-electron chi connectivity index (χ2n) is 6.71. The van der Waals surface area contributed by atoms with Crippen molar-refractivity contribution in [3.63, 3.8) is 0 Å². The predicted molar refractivity (Wildman–Crippen MR) is 96.1 cm³/mol. The minimum absolute atomic E-state index is 0.135. The SMILES string of the molecule is Cc1nccn1Cc1cccc(CNC(=O)N[C@H]2CCCC[C@@H]2O)c1. The molecule has 3 N–H and O–H groups in total. The number of rotatable bonds is 5. The number of amides is 2. The normalized spacial score (nSPS) is 20.2. The number of nitrogens with zero attached hydrogens (tertiary/aromatic N) is 2. The minimum Gasteiger partial charge on any atom is -0.391 e. The Kier molecular flexibility index (Phi) is 5.71. The van der Waals surface area contributed by atoms with Gasteiger partial charge in [-0.2, -0.15) is 0 Å². The highest BCUT2D eigenvalue weighted by Crippen LogP contribution is 2.18. The molecule has 134 valence electrons. The molecule has 1 aromatic heterocycles. The van der Waals surface area contributed by atoms with Gasteiger partial charge >= 0.3 is 6.03 Å². The quantitative estimate of drug-likeness (QED) is 0.780. The fourth-order valence-corrected chi connectivity index (χ4v) is 3.29. The van der Waals surface area contributed by atoms with Crippen LogP contribution in [0, 0.1) is 6.92 Å². The van der Waals surface area contributed by atoms with E-state index in [1.165, 1.54) is 5.56 Å². The van der Waals surface area contributed by atoms with Crippen LogP contribution in [0.25, 0.3) is 0 Å². The molecule has 2 amide bonds. The Bertz CT molecular complexity index is 713. The lowest BCUT2D eigenvalue weighted by Crippen LogP contribution is -2.48. The Balaban J connectivity index is 1.52. The van der Waals surface area contributed by atoms with Crippen molar-refractivity contribution in [1.29, 1.82) is 0 Å². The van der Waals surface area contributed by atoms with E-state index in [-0.39, 0.29) is 12.1 Å². The van der Waals surface area contributed by atoms with Crippen molar-refractivity contribution in [2.24, 2.45) is 0 Å². The maximum atomic E-state index is 12.1. The largest absolute Gasteiger partial charge is 0.391 e. The van der Waals surface area contributed by atoms with E-state index < -0.39 is 6.10 Å². The number of benzene rings is 1. The van der Waals surface area contributed by atoms with Gasteiger partial charge in [-0.1, -0.05) is 37.1 Å². The highest BCUT2D eigenvalue weighted by molar-refractivity contribution is 5.74. The zero-order chi connectivity index (χ0) is 17.6. The summed E-state index contributed by atoms with van der Waals surface area (Å²) in [5, 5.41) is 15.7. The lowest BCUT2D eigenvalue weighted by Gasteiger charge is -2.28. The van der Waals surface area contributed by atoms with Gasteiger partial charge in [0.05, 0.1) is 12.1 Å². The number of nitrogens with one attached hydrogen (secondary N) is 2. The Labute approximate surface area is 148 Å². The monoisotopic (exact) mass is 342 g/mol. The first-order valence-electron chi connectivity index (χ1n) is 8.90. The number of hydrogen-bond acceptors (Lipinski definition) is 3. The summed E-state index contributed by atoms with van der Waals surface area (Å²) >= 11 is 0. The van der Waals surface area contributed by atoms with Gasteiger partial charge in [-0.05, 0) is 30.9 Å². The lowest BCUT2D eigenvalue weighted by molar-refractivity contribution is 0.0943. The summed E-state index contributed by atoms with van der Waals surface area (Å²) in [5.74, 6) is 0.981. The molecule has 0 aliphatic heterocycles. The minimum atomic E-state index is -0.429. The van der Waals surface area contributed by atoms with E-state index in [0.717, 1.165) is 43.6 Å². The summed E-state index contributed by atoms with van der Waals surface area (Å²) in [4.78, 5) is 16.3. The molecule has 3 rings (SSSR count). The van der Waals surface area contributed by atoms with Crippen LogP contribution in [-0.2, 0) is 13.1 Å². The molecule has 1 aromatic carbocycles. The smallest absolute Gasteiger partial charge is 0.315 e. The van der Waals surface area contributed by atoms with Gasteiger partial charge in [0.15, 0.2) is 0 Å². The van der Waals surface area contributed by atoms with Crippen LogP contribution >= 0.6 is 0 Å². The molecule has 1 heterocycles. The third kappa shape index (κ3) is 4.82. The Morgan fingerprint density at radius 1 is 1.32 bits per heavy atom. The molecule has 0 bridgehead atoms. The summed E-state index contributed by atoms with van der Waals surface area (Å²) in [6, 6.07) is 7.81. The number of aliphatic hydroxyl groups is 1. The van der Waals surface area contributed by atoms with E-state index in [4.69, 9.17) is 0 Å². The molecule has 0 unspecified atom stereocenters. The molecule has 2 atom stereocenters. The first-order valence-corrected chi connectivity index (χ1v) is 8.90. The summed E-state index contributed by atoms with van der Waals surface area (Å²) in [5.41, 5.74) is 2.22. The van der Waals surface area contributed by atoms with Crippen LogP contribution in [0.1, 0.15) is 42.6 Å². The van der Waals surface area contributed by atoms with E-state index in [1.54, 1.807) is 6.20 Å². The van der Waals surface area contributed by atoms with Crippen LogP contribution in [-0.4, -0.2) is 32.8 Å². The van der Waals surface area contributed by atoms with Crippen LogP contribution in [0.4, 0.5) is 4.79 Å². The van der Waals surface area contributed by atoms with Crippen LogP contribution < -0.4 is 10.6 Å². The molecule has 6 heteroatoms. The molecule has 2 aromatic rings. The zero-order valence-electron chi connectivity index (χ0n) is 14.6. The van der Waals surface area contributed by atoms with Gasteiger partial charge in [0.2, 0.25) is 0 Å². The van der Waals surface area contributed by atoms with Gasteiger partial charge < -0.3 is 20.3 Å². The van der Waals surface area contributed by atoms with Gasteiger partial charge in [0.1, 0.15) is 5.82 Å². The van der Waals surface area contributed by atoms with E-state index in [9.17, 15) is 9.90 Å². The van der Waals surface area contributed by atoms with Crippen molar-refractivity contribution < 1.29 is 9.90 Å². The van der Waals surface area contributed by atoms with Crippen LogP contribution in [0.2, 0.25) is 0 Å².